The predicted molar refractivity (Wildman–Crippen MR) is 52.6 cm³/mol. The second-order valence-electron chi connectivity index (χ2n) is 2.37. The topological polar surface area (TPSA) is 22.1 Å². The van der Waals surface area contributed by atoms with Crippen LogP contribution < -0.4 is 4.74 Å². The smallest absolute Gasteiger partial charge is 0.213 e. The first-order chi connectivity index (χ1) is 5.72. The fourth-order valence-corrected chi connectivity index (χ4v) is 1.15. The third kappa shape index (κ3) is 2.66. The van der Waals surface area contributed by atoms with Crippen molar-refractivity contribution in [2.45, 2.75) is 6.42 Å². The summed E-state index contributed by atoms with van der Waals surface area (Å²) in [7, 11) is 1.61. The van der Waals surface area contributed by atoms with Gasteiger partial charge in [0, 0.05) is 18.2 Å². The first-order valence-electron chi connectivity index (χ1n) is 3.55. The molecular formula is C9H10BrNO. The molecule has 0 spiro atoms. The van der Waals surface area contributed by atoms with Crippen LogP contribution in [0.15, 0.2) is 29.3 Å². The Morgan fingerprint density at radius 3 is 3.00 bits per heavy atom. The number of rotatable bonds is 3. The van der Waals surface area contributed by atoms with Crippen LogP contribution in [0.2, 0.25) is 0 Å². The van der Waals surface area contributed by atoms with Gasteiger partial charge in [-0.05, 0) is 10.5 Å². The van der Waals surface area contributed by atoms with Crippen molar-refractivity contribution in [3.8, 4) is 5.88 Å². The molecule has 0 saturated heterocycles. The normalized spacial score (nSPS) is 9.50. The molecule has 0 aliphatic rings. The molecule has 2 nitrogen and oxygen atoms in total. The van der Waals surface area contributed by atoms with Crippen LogP contribution in [0.25, 0.3) is 0 Å². The van der Waals surface area contributed by atoms with Crippen LogP contribution in [0, 0.1) is 0 Å². The molecule has 0 radical (unpaired) electrons. The minimum absolute atomic E-state index is 0.640. The van der Waals surface area contributed by atoms with Gasteiger partial charge >= 0.3 is 0 Å². The van der Waals surface area contributed by atoms with E-state index in [-0.39, 0.29) is 0 Å². The Morgan fingerprint density at radius 1 is 1.67 bits per heavy atom. The molecule has 0 fully saturated rings. The molecule has 0 bridgehead atoms. The maximum atomic E-state index is 4.98. The van der Waals surface area contributed by atoms with Gasteiger partial charge in [-0.1, -0.05) is 28.6 Å². The van der Waals surface area contributed by atoms with Crippen molar-refractivity contribution in [3.63, 3.8) is 0 Å². The molecule has 1 heterocycles. The van der Waals surface area contributed by atoms with E-state index in [4.69, 9.17) is 4.74 Å². The molecule has 3 heteroatoms. The first-order valence-corrected chi connectivity index (χ1v) is 4.35. The lowest BCUT2D eigenvalue weighted by Crippen LogP contribution is -1.92. The Labute approximate surface area is 80.4 Å². The van der Waals surface area contributed by atoms with E-state index in [1.807, 2.05) is 18.2 Å². The van der Waals surface area contributed by atoms with Crippen LogP contribution in [0.5, 0.6) is 5.88 Å². The van der Waals surface area contributed by atoms with Crippen molar-refractivity contribution < 1.29 is 4.74 Å². The highest BCUT2D eigenvalue weighted by molar-refractivity contribution is 9.11. The van der Waals surface area contributed by atoms with Gasteiger partial charge in [-0.25, -0.2) is 4.98 Å². The Morgan fingerprint density at radius 2 is 2.42 bits per heavy atom. The second kappa shape index (κ2) is 4.26. The summed E-state index contributed by atoms with van der Waals surface area (Å²) in [5.74, 6) is 0.640. The molecule has 0 N–H and O–H groups in total. The lowest BCUT2D eigenvalue weighted by Gasteiger charge is -2.01. The molecule has 1 aromatic heterocycles. The third-order valence-electron chi connectivity index (χ3n) is 1.36. The Kier molecular flexibility index (Phi) is 3.29. The van der Waals surface area contributed by atoms with Crippen molar-refractivity contribution >= 4 is 15.9 Å². The highest BCUT2D eigenvalue weighted by Gasteiger charge is 1.97. The SMILES string of the molecule is C=C(Br)Cc1cccc(OC)n1. The average Bonchev–Trinajstić information content (AvgIpc) is 2.03. The zero-order valence-corrected chi connectivity index (χ0v) is 8.47. The van der Waals surface area contributed by atoms with Gasteiger partial charge in [0.15, 0.2) is 0 Å². The highest BCUT2D eigenvalue weighted by Crippen LogP contribution is 2.12. The van der Waals surface area contributed by atoms with Gasteiger partial charge in [-0.15, -0.1) is 0 Å². The van der Waals surface area contributed by atoms with Gasteiger partial charge < -0.3 is 4.74 Å². The lowest BCUT2D eigenvalue weighted by atomic mass is 10.3. The van der Waals surface area contributed by atoms with E-state index >= 15 is 0 Å². The van der Waals surface area contributed by atoms with Gasteiger partial charge in [-0.3, -0.25) is 0 Å². The number of aromatic nitrogens is 1. The number of pyridine rings is 1. The van der Waals surface area contributed by atoms with Gasteiger partial charge in [0.25, 0.3) is 0 Å². The Bertz CT molecular complexity index is 286. The van der Waals surface area contributed by atoms with Crippen molar-refractivity contribution in [1.29, 1.82) is 0 Å². The minimum atomic E-state index is 0.640. The number of methoxy groups -OCH3 is 1. The zero-order valence-electron chi connectivity index (χ0n) is 6.88. The molecule has 0 unspecified atom stereocenters. The van der Waals surface area contributed by atoms with E-state index in [1.165, 1.54) is 0 Å². The van der Waals surface area contributed by atoms with Crippen LogP contribution in [-0.4, -0.2) is 12.1 Å². The summed E-state index contributed by atoms with van der Waals surface area (Å²) in [5, 5.41) is 0. The van der Waals surface area contributed by atoms with Crippen LogP contribution in [0.3, 0.4) is 0 Å². The molecule has 0 aromatic carbocycles. The van der Waals surface area contributed by atoms with Crippen molar-refractivity contribution in [3.05, 3.63) is 35.0 Å². The van der Waals surface area contributed by atoms with Crippen molar-refractivity contribution in [1.82, 2.24) is 4.98 Å². The van der Waals surface area contributed by atoms with Crippen LogP contribution in [0.4, 0.5) is 0 Å². The molecule has 0 aliphatic heterocycles. The molecule has 12 heavy (non-hydrogen) atoms. The fourth-order valence-electron chi connectivity index (χ4n) is 0.866. The van der Waals surface area contributed by atoms with Gasteiger partial charge in [0.2, 0.25) is 5.88 Å². The van der Waals surface area contributed by atoms with Gasteiger partial charge in [0.1, 0.15) is 0 Å². The second-order valence-corrected chi connectivity index (χ2v) is 3.49. The van der Waals surface area contributed by atoms with E-state index in [0.717, 1.165) is 16.6 Å². The summed E-state index contributed by atoms with van der Waals surface area (Å²) in [5.41, 5.74) is 0.955. The standard InChI is InChI=1S/C9H10BrNO/c1-7(10)6-8-4-3-5-9(11-8)12-2/h3-5H,1,6H2,2H3. The van der Waals surface area contributed by atoms with E-state index in [9.17, 15) is 0 Å². The number of hydrogen-bond acceptors (Lipinski definition) is 2. The van der Waals surface area contributed by atoms with E-state index in [1.54, 1.807) is 7.11 Å². The summed E-state index contributed by atoms with van der Waals surface area (Å²) >= 11 is 3.28. The van der Waals surface area contributed by atoms with Crippen molar-refractivity contribution in [2.24, 2.45) is 0 Å². The lowest BCUT2D eigenvalue weighted by molar-refractivity contribution is 0.396. The molecule has 0 aliphatic carbocycles. The summed E-state index contributed by atoms with van der Waals surface area (Å²) < 4.78 is 5.90. The number of halogens is 1. The fraction of sp³-hybridized carbons (Fsp3) is 0.222. The monoisotopic (exact) mass is 227 g/mol. The molecule has 64 valence electrons. The largest absolute Gasteiger partial charge is 0.481 e. The Balaban J connectivity index is 2.79. The number of ether oxygens (including phenoxy) is 1. The van der Waals surface area contributed by atoms with Crippen molar-refractivity contribution in [2.75, 3.05) is 7.11 Å². The summed E-state index contributed by atoms with van der Waals surface area (Å²) in [4.78, 5) is 4.22. The third-order valence-corrected chi connectivity index (χ3v) is 1.64. The molecule has 1 aromatic rings. The zero-order chi connectivity index (χ0) is 8.97. The van der Waals surface area contributed by atoms with Crippen LogP contribution in [-0.2, 0) is 6.42 Å². The van der Waals surface area contributed by atoms with E-state index in [2.05, 4.69) is 27.5 Å². The van der Waals surface area contributed by atoms with Gasteiger partial charge in [0.05, 0.1) is 7.11 Å². The van der Waals surface area contributed by atoms with E-state index in [0.29, 0.717) is 5.88 Å². The molecular weight excluding hydrogens is 218 g/mol. The van der Waals surface area contributed by atoms with E-state index < -0.39 is 0 Å². The number of nitrogens with zero attached hydrogens (tertiary/aromatic N) is 1. The summed E-state index contributed by atoms with van der Waals surface area (Å²) in [6.07, 6.45) is 0.733. The summed E-state index contributed by atoms with van der Waals surface area (Å²) in [6.45, 7) is 3.74. The number of allylic oxidation sites excluding steroid dienone is 1. The molecule has 1 rings (SSSR count). The van der Waals surface area contributed by atoms with Crippen LogP contribution in [0.1, 0.15) is 5.69 Å². The minimum Gasteiger partial charge on any atom is -0.481 e. The maximum Gasteiger partial charge on any atom is 0.213 e. The maximum absolute atomic E-state index is 4.98. The summed E-state index contributed by atoms with van der Waals surface area (Å²) in [6, 6.07) is 5.67. The quantitative estimate of drug-likeness (QED) is 0.793. The molecule has 0 saturated carbocycles. The molecule has 0 amide bonds. The average molecular weight is 228 g/mol. The first kappa shape index (κ1) is 9.26. The highest BCUT2D eigenvalue weighted by atomic mass is 79.9. The van der Waals surface area contributed by atoms with Crippen LogP contribution >= 0.6 is 15.9 Å². The van der Waals surface area contributed by atoms with Gasteiger partial charge in [-0.2, -0.15) is 0 Å². The number of hydrogen-bond donors (Lipinski definition) is 0. The predicted octanol–water partition coefficient (Wildman–Crippen LogP) is 2.54. The Hall–Kier alpha value is -0.830. The molecule has 0 atom stereocenters.